The fraction of sp³-hybridized carbons (Fsp3) is 0.125. The lowest BCUT2D eigenvalue weighted by Crippen LogP contribution is -2.14. The summed E-state index contributed by atoms with van der Waals surface area (Å²) in [7, 11) is 1.60. The van der Waals surface area contributed by atoms with Gasteiger partial charge in [-0.05, 0) is 49.7 Å². The molecule has 150 valence electrons. The summed E-state index contributed by atoms with van der Waals surface area (Å²) in [6.45, 7) is 3.98. The molecule has 4 rings (SSSR count). The molecule has 0 spiro atoms. The lowest BCUT2D eigenvalue weighted by atomic mass is 10.1. The van der Waals surface area contributed by atoms with Crippen molar-refractivity contribution in [2.24, 2.45) is 0 Å². The van der Waals surface area contributed by atoms with Gasteiger partial charge in [0.05, 0.1) is 18.2 Å². The lowest BCUT2D eigenvalue weighted by molar-refractivity contribution is 0.102. The van der Waals surface area contributed by atoms with Gasteiger partial charge in [-0.25, -0.2) is 0 Å². The molecule has 30 heavy (non-hydrogen) atoms. The van der Waals surface area contributed by atoms with Crippen molar-refractivity contribution in [2.75, 3.05) is 12.4 Å². The monoisotopic (exact) mass is 399 g/mol. The first-order valence-electron chi connectivity index (χ1n) is 9.51. The maximum Gasteiger partial charge on any atom is 0.259 e. The molecule has 0 atom stereocenters. The number of anilines is 1. The molecule has 0 aliphatic carbocycles. The predicted octanol–water partition coefficient (Wildman–Crippen LogP) is 5.28. The average Bonchev–Trinajstić information content (AvgIpc) is 3.26. The van der Waals surface area contributed by atoms with Crippen molar-refractivity contribution in [3.05, 3.63) is 83.4 Å². The van der Waals surface area contributed by atoms with Crippen LogP contribution in [0.2, 0.25) is 0 Å². The van der Waals surface area contributed by atoms with E-state index in [1.54, 1.807) is 25.3 Å². The fourth-order valence-electron chi connectivity index (χ4n) is 3.22. The summed E-state index contributed by atoms with van der Waals surface area (Å²) in [6, 6.07) is 20.5. The standard InChI is InChI=1S/C24H21N3O3/c1-15-11-12-21(16(2)13-15)25-23(28)19-9-4-5-10-20(19)24-26-22(27-30-24)17-7-6-8-18(14-17)29-3/h4-14H,1-3H3,(H,25,28). The highest BCUT2D eigenvalue weighted by atomic mass is 16.5. The highest BCUT2D eigenvalue weighted by Crippen LogP contribution is 2.27. The maximum atomic E-state index is 13.0. The van der Waals surface area contributed by atoms with E-state index in [-0.39, 0.29) is 11.8 Å². The summed E-state index contributed by atoms with van der Waals surface area (Å²) in [4.78, 5) is 17.5. The van der Waals surface area contributed by atoms with Crippen LogP contribution in [0.15, 0.2) is 71.3 Å². The first-order valence-corrected chi connectivity index (χ1v) is 9.51. The molecule has 1 N–H and O–H groups in total. The van der Waals surface area contributed by atoms with Gasteiger partial charge in [-0.2, -0.15) is 4.98 Å². The topological polar surface area (TPSA) is 77.2 Å². The number of benzene rings is 3. The van der Waals surface area contributed by atoms with Crippen LogP contribution in [0.25, 0.3) is 22.8 Å². The first kappa shape index (κ1) is 19.4. The Kier molecular flexibility index (Phi) is 5.30. The van der Waals surface area contributed by atoms with Crippen molar-refractivity contribution in [1.29, 1.82) is 0 Å². The summed E-state index contributed by atoms with van der Waals surface area (Å²) < 4.78 is 10.7. The van der Waals surface area contributed by atoms with Crippen molar-refractivity contribution in [3.63, 3.8) is 0 Å². The number of rotatable bonds is 5. The minimum Gasteiger partial charge on any atom is -0.497 e. The molecule has 0 unspecified atom stereocenters. The third-order valence-corrected chi connectivity index (χ3v) is 4.79. The third-order valence-electron chi connectivity index (χ3n) is 4.79. The minimum atomic E-state index is -0.237. The van der Waals surface area contributed by atoms with E-state index >= 15 is 0 Å². The van der Waals surface area contributed by atoms with E-state index in [1.165, 1.54) is 0 Å². The van der Waals surface area contributed by atoms with E-state index in [0.29, 0.717) is 22.7 Å². The van der Waals surface area contributed by atoms with Gasteiger partial charge in [0.2, 0.25) is 5.82 Å². The largest absolute Gasteiger partial charge is 0.497 e. The number of amides is 1. The van der Waals surface area contributed by atoms with Crippen LogP contribution in [0.1, 0.15) is 21.5 Å². The molecular weight excluding hydrogens is 378 g/mol. The Bertz CT molecular complexity index is 1210. The fourth-order valence-corrected chi connectivity index (χ4v) is 3.22. The Hall–Kier alpha value is -3.93. The molecule has 1 heterocycles. The van der Waals surface area contributed by atoms with Crippen LogP contribution in [0.4, 0.5) is 5.69 Å². The number of aromatic nitrogens is 2. The summed E-state index contributed by atoms with van der Waals surface area (Å²) in [5.74, 6) is 1.17. The van der Waals surface area contributed by atoms with Crippen LogP contribution in [0.3, 0.4) is 0 Å². The number of nitrogens with zero attached hydrogens (tertiary/aromatic N) is 2. The Morgan fingerprint density at radius 1 is 1.00 bits per heavy atom. The van der Waals surface area contributed by atoms with Crippen LogP contribution >= 0.6 is 0 Å². The number of hydrogen-bond acceptors (Lipinski definition) is 5. The van der Waals surface area contributed by atoms with Gasteiger partial charge in [0.15, 0.2) is 0 Å². The van der Waals surface area contributed by atoms with Crippen molar-refractivity contribution in [1.82, 2.24) is 10.1 Å². The molecule has 6 heteroatoms. The van der Waals surface area contributed by atoms with Gasteiger partial charge >= 0.3 is 0 Å². The highest BCUT2D eigenvalue weighted by molar-refractivity contribution is 6.08. The van der Waals surface area contributed by atoms with Crippen LogP contribution in [-0.2, 0) is 0 Å². The third kappa shape index (κ3) is 3.93. The molecule has 1 aromatic heterocycles. The minimum absolute atomic E-state index is 0.237. The zero-order chi connectivity index (χ0) is 21.1. The molecule has 6 nitrogen and oxygen atoms in total. The molecule has 1 amide bonds. The summed E-state index contributed by atoms with van der Waals surface area (Å²) in [5.41, 5.74) is 4.70. The van der Waals surface area contributed by atoms with E-state index in [2.05, 4.69) is 15.5 Å². The number of nitrogens with one attached hydrogen (secondary N) is 1. The number of hydrogen-bond donors (Lipinski definition) is 1. The highest BCUT2D eigenvalue weighted by Gasteiger charge is 2.19. The molecule has 0 saturated carbocycles. The summed E-state index contributed by atoms with van der Waals surface area (Å²) >= 11 is 0. The normalized spacial score (nSPS) is 10.6. The van der Waals surface area contributed by atoms with Gasteiger partial charge in [0.25, 0.3) is 11.8 Å². The van der Waals surface area contributed by atoms with Crippen molar-refractivity contribution >= 4 is 11.6 Å². The Labute approximate surface area is 174 Å². The van der Waals surface area contributed by atoms with Crippen molar-refractivity contribution < 1.29 is 14.1 Å². The Morgan fingerprint density at radius 3 is 2.63 bits per heavy atom. The van der Waals surface area contributed by atoms with E-state index in [9.17, 15) is 4.79 Å². The molecule has 4 aromatic rings. The second-order valence-electron chi connectivity index (χ2n) is 6.97. The van der Waals surface area contributed by atoms with Crippen LogP contribution < -0.4 is 10.1 Å². The predicted molar refractivity (Wildman–Crippen MR) is 116 cm³/mol. The average molecular weight is 399 g/mol. The maximum absolute atomic E-state index is 13.0. The van der Waals surface area contributed by atoms with Gasteiger partial charge < -0.3 is 14.6 Å². The van der Waals surface area contributed by atoms with Gasteiger partial charge in [-0.15, -0.1) is 0 Å². The lowest BCUT2D eigenvalue weighted by Gasteiger charge is -2.10. The number of carbonyl (C=O) groups excluding carboxylic acids is 1. The van der Waals surface area contributed by atoms with Crippen molar-refractivity contribution in [2.45, 2.75) is 13.8 Å². The second kappa shape index (κ2) is 8.21. The smallest absolute Gasteiger partial charge is 0.259 e. The van der Waals surface area contributed by atoms with Gasteiger partial charge in [0.1, 0.15) is 5.75 Å². The second-order valence-corrected chi connectivity index (χ2v) is 6.97. The number of ether oxygens (including phenoxy) is 1. The number of carbonyl (C=O) groups is 1. The van der Waals surface area contributed by atoms with Crippen LogP contribution in [0.5, 0.6) is 5.75 Å². The van der Waals surface area contributed by atoms with E-state index in [0.717, 1.165) is 22.4 Å². The number of aryl methyl sites for hydroxylation is 2. The first-order chi connectivity index (χ1) is 14.5. The SMILES string of the molecule is COc1cccc(-c2noc(-c3ccccc3C(=O)Nc3ccc(C)cc3C)n2)c1. The summed E-state index contributed by atoms with van der Waals surface area (Å²) in [6.07, 6.45) is 0. The van der Waals surface area contributed by atoms with Gasteiger partial charge in [-0.3, -0.25) is 4.79 Å². The molecule has 0 aliphatic rings. The van der Waals surface area contributed by atoms with Gasteiger partial charge in [-0.1, -0.05) is 47.1 Å². The molecule has 3 aromatic carbocycles. The quantitative estimate of drug-likeness (QED) is 0.494. The molecular formula is C24H21N3O3. The van der Waals surface area contributed by atoms with E-state index in [4.69, 9.17) is 9.26 Å². The van der Waals surface area contributed by atoms with Crippen LogP contribution in [0, 0.1) is 13.8 Å². The molecule has 0 aliphatic heterocycles. The number of methoxy groups -OCH3 is 1. The van der Waals surface area contributed by atoms with Gasteiger partial charge in [0, 0.05) is 11.3 Å². The van der Waals surface area contributed by atoms with Crippen LogP contribution in [-0.4, -0.2) is 23.2 Å². The molecule has 0 bridgehead atoms. The van der Waals surface area contributed by atoms with E-state index < -0.39 is 0 Å². The van der Waals surface area contributed by atoms with Crippen molar-refractivity contribution in [3.8, 4) is 28.6 Å². The Morgan fingerprint density at radius 2 is 1.83 bits per heavy atom. The zero-order valence-electron chi connectivity index (χ0n) is 17.0. The Balaban J connectivity index is 1.65. The molecule has 0 saturated heterocycles. The summed E-state index contributed by atoms with van der Waals surface area (Å²) in [5, 5.41) is 7.05. The zero-order valence-corrected chi connectivity index (χ0v) is 17.0. The van der Waals surface area contributed by atoms with E-state index in [1.807, 2.05) is 62.4 Å². The molecule has 0 fully saturated rings. The molecule has 0 radical (unpaired) electrons.